The summed E-state index contributed by atoms with van der Waals surface area (Å²) in [7, 11) is 0. The minimum absolute atomic E-state index is 0. The predicted octanol–water partition coefficient (Wildman–Crippen LogP) is 4.05. The molecule has 2 saturated carbocycles. The van der Waals surface area contributed by atoms with Gasteiger partial charge in [0.05, 0.1) is 0 Å². The maximum atomic E-state index is 12.5. The summed E-state index contributed by atoms with van der Waals surface area (Å²) in [6.07, 6.45) is 5.59. The molecule has 0 spiro atoms. The van der Waals surface area contributed by atoms with Crippen molar-refractivity contribution >= 4 is 41.5 Å². The lowest BCUT2D eigenvalue weighted by Crippen LogP contribution is -2.53. The summed E-state index contributed by atoms with van der Waals surface area (Å²) in [4.78, 5) is 12.5. The number of rotatable bonds is 2. The Morgan fingerprint density at radius 2 is 1.64 bits per heavy atom. The minimum Gasteiger partial charge on any atom is -0.349 e. The molecule has 2 atom stereocenters. The van der Waals surface area contributed by atoms with Gasteiger partial charge < -0.3 is 11.1 Å². The van der Waals surface area contributed by atoms with E-state index in [4.69, 9.17) is 28.9 Å². The molecule has 22 heavy (non-hydrogen) atoms. The van der Waals surface area contributed by atoms with Crippen LogP contribution in [0.2, 0.25) is 10.0 Å². The van der Waals surface area contributed by atoms with Gasteiger partial charge in [0, 0.05) is 27.7 Å². The quantitative estimate of drug-likeness (QED) is 0.833. The molecule has 2 fully saturated rings. The van der Waals surface area contributed by atoms with Crippen LogP contribution in [0.4, 0.5) is 0 Å². The van der Waals surface area contributed by atoms with Crippen molar-refractivity contribution in [3.8, 4) is 0 Å². The highest BCUT2D eigenvalue weighted by molar-refractivity contribution is 6.35. The first-order chi connectivity index (χ1) is 10.0. The van der Waals surface area contributed by atoms with Gasteiger partial charge in [-0.2, -0.15) is 0 Å². The van der Waals surface area contributed by atoms with E-state index in [2.05, 4.69) is 5.32 Å². The van der Waals surface area contributed by atoms with Crippen LogP contribution in [-0.2, 0) is 0 Å². The average molecular weight is 364 g/mol. The third kappa shape index (κ3) is 3.88. The molecule has 3 nitrogen and oxygen atoms in total. The van der Waals surface area contributed by atoms with Crippen LogP contribution >= 0.6 is 35.6 Å². The van der Waals surface area contributed by atoms with Gasteiger partial charge in [0.15, 0.2) is 0 Å². The van der Waals surface area contributed by atoms with Crippen LogP contribution in [0.1, 0.15) is 42.5 Å². The van der Waals surface area contributed by atoms with Crippen molar-refractivity contribution in [1.29, 1.82) is 0 Å². The van der Waals surface area contributed by atoms with Crippen molar-refractivity contribution in [1.82, 2.24) is 5.32 Å². The molecule has 0 heterocycles. The third-order valence-electron chi connectivity index (χ3n) is 4.80. The van der Waals surface area contributed by atoms with Gasteiger partial charge in [0.25, 0.3) is 5.91 Å². The van der Waals surface area contributed by atoms with Crippen molar-refractivity contribution in [3.05, 3.63) is 33.8 Å². The summed E-state index contributed by atoms with van der Waals surface area (Å²) in [5.74, 6) is 0.925. The lowest BCUT2D eigenvalue weighted by molar-refractivity contribution is 0.0756. The Morgan fingerprint density at radius 3 is 2.18 bits per heavy atom. The van der Waals surface area contributed by atoms with Gasteiger partial charge in [-0.25, -0.2) is 0 Å². The number of nitrogens with one attached hydrogen (secondary N) is 1. The Morgan fingerprint density at radius 1 is 1.09 bits per heavy atom. The zero-order valence-electron chi connectivity index (χ0n) is 12.2. The number of amides is 1. The fourth-order valence-electron chi connectivity index (χ4n) is 3.94. The lowest BCUT2D eigenvalue weighted by Gasteiger charge is -2.45. The van der Waals surface area contributed by atoms with Crippen LogP contribution in [0.5, 0.6) is 0 Å². The molecule has 2 bridgehead atoms. The van der Waals surface area contributed by atoms with E-state index in [1.54, 1.807) is 18.2 Å². The Bertz CT molecular complexity index is 518. The SMILES string of the molecule is Cl.NC1CC2CCCC(C1)C2NC(=O)c1cc(Cl)cc(Cl)c1. The Kier molecular flexibility index (Phi) is 6.00. The van der Waals surface area contributed by atoms with Crippen LogP contribution < -0.4 is 11.1 Å². The summed E-state index contributed by atoms with van der Waals surface area (Å²) < 4.78 is 0. The lowest BCUT2D eigenvalue weighted by atomic mass is 9.67. The van der Waals surface area contributed by atoms with Gasteiger partial charge in [-0.05, 0) is 55.7 Å². The minimum atomic E-state index is -0.0863. The Balaban J connectivity index is 0.00000176. The molecule has 1 aromatic rings. The Labute approximate surface area is 147 Å². The number of benzene rings is 1. The molecule has 122 valence electrons. The van der Waals surface area contributed by atoms with E-state index in [-0.39, 0.29) is 30.4 Å². The average Bonchev–Trinajstić information content (AvgIpc) is 2.38. The molecule has 2 aliphatic rings. The molecule has 1 aromatic carbocycles. The number of fused-ring (bicyclic) bond motifs is 2. The van der Waals surface area contributed by atoms with Crippen LogP contribution in [0, 0.1) is 11.8 Å². The van der Waals surface area contributed by atoms with Crippen molar-refractivity contribution in [2.24, 2.45) is 17.6 Å². The normalized spacial score (nSPS) is 30.3. The van der Waals surface area contributed by atoms with E-state index >= 15 is 0 Å². The summed E-state index contributed by atoms with van der Waals surface area (Å²) >= 11 is 11.9. The maximum absolute atomic E-state index is 12.5. The standard InChI is InChI=1S/C16H20Cl2N2O.ClH/c17-12-4-11(5-13(18)8-12)16(21)20-15-9-2-1-3-10(15)7-14(19)6-9;/h4-5,8-10,14-15H,1-3,6-7,19H2,(H,20,21);1H. The first-order valence-corrected chi connectivity index (χ1v) is 8.31. The van der Waals surface area contributed by atoms with E-state index < -0.39 is 0 Å². The molecular weight excluding hydrogens is 343 g/mol. The fraction of sp³-hybridized carbons (Fsp3) is 0.562. The first kappa shape index (κ1) is 17.9. The van der Waals surface area contributed by atoms with E-state index in [9.17, 15) is 4.79 Å². The zero-order valence-corrected chi connectivity index (χ0v) is 14.6. The van der Waals surface area contributed by atoms with Gasteiger partial charge in [-0.15, -0.1) is 12.4 Å². The monoisotopic (exact) mass is 362 g/mol. The molecule has 2 aliphatic carbocycles. The van der Waals surface area contributed by atoms with Crippen molar-refractivity contribution < 1.29 is 4.79 Å². The molecule has 1 amide bonds. The highest BCUT2D eigenvalue weighted by Gasteiger charge is 2.39. The van der Waals surface area contributed by atoms with Crippen LogP contribution in [-0.4, -0.2) is 18.0 Å². The Hall–Kier alpha value is -0.480. The smallest absolute Gasteiger partial charge is 0.251 e. The number of carbonyl (C=O) groups excluding carboxylic acids is 1. The predicted molar refractivity (Wildman–Crippen MR) is 93.0 cm³/mol. The second-order valence-electron chi connectivity index (χ2n) is 6.34. The highest BCUT2D eigenvalue weighted by atomic mass is 35.5. The molecular formula is C16H21Cl3N2O. The highest BCUT2D eigenvalue weighted by Crippen LogP contribution is 2.39. The third-order valence-corrected chi connectivity index (χ3v) is 5.24. The van der Waals surface area contributed by atoms with Crippen LogP contribution in [0.15, 0.2) is 18.2 Å². The summed E-state index contributed by atoms with van der Waals surface area (Å²) in [6, 6.07) is 5.48. The topological polar surface area (TPSA) is 55.1 Å². The molecule has 0 aliphatic heterocycles. The van der Waals surface area contributed by atoms with E-state index in [0.29, 0.717) is 27.4 Å². The number of halogens is 3. The van der Waals surface area contributed by atoms with E-state index in [0.717, 1.165) is 25.7 Å². The summed E-state index contributed by atoms with van der Waals surface area (Å²) in [5.41, 5.74) is 6.65. The van der Waals surface area contributed by atoms with Gasteiger partial charge in [0.2, 0.25) is 0 Å². The van der Waals surface area contributed by atoms with Crippen molar-refractivity contribution in [2.75, 3.05) is 0 Å². The van der Waals surface area contributed by atoms with Crippen molar-refractivity contribution in [3.63, 3.8) is 0 Å². The molecule has 2 unspecified atom stereocenters. The van der Waals surface area contributed by atoms with E-state index in [1.165, 1.54) is 6.42 Å². The summed E-state index contributed by atoms with van der Waals surface area (Å²) in [5, 5.41) is 4.17. The van der Waals surface area contributed by atoms with Gasteiger partial charge in [-0.3, -0.25) is 4.79 Å². The molecule has 0 saturated heterocycles. The molecule has 3 N–H and O–H groups in total. The van der Waals surface area contributed by atoms with Gasteiger partial charge in [-0.1, -0.05) is 29.6 Å². The number of nitrogens with two attached hydrogens (primary N) is 1. The second kappa shape index (κ2) is 7.39. The van der Waals surface area contributed by atoms with Crippen LogP contribution in [0.25, 0.3) is 0 Å². The number of hydrogen-bond acceptors (Lipinski definition) is 2. The van der Waals surface area contributed by atoms with Crippen LogP contribution in [0.3, 0.4) is 0 Å². The second-order valence-corrected chi connectivity index (χ2v) is 7.21. The fourth-order valence-corrected chi connectivity index (χ4v) is 4.47. The number of hydrogen-bond donors (Lipinski definition) is 2. The molecule has 0 aromatic heterocycles. The van der Waals surface area contributed by atoms with Gasteiger partial charge in [0.1, 0.15) is 0 Å². The molecule has 3 rings (SSSR count). The van der Waals surface area contributed by atoms with Crippen molar-refractivity contribution in [2.45, 2.75) is 44.2 Å². The largest absolute Gasteiger partial charge is 0.349 e. The first-order valence-electron chi connectivity index (χ1n) is 7.55. The molecule has 6 heteroatoms. The molecule has 0 radical (unpaired) electrons. The summed E-state index contributed by atoms with van der Waals surface area (Å²) in [6.45, 7) is 0. The zero-order chi connectivity index (χ0) is 15.0. The van der Waals surface area contributed by atoms with Gasteiger partial charge >= 0.3 is 0 Å². The maximum Gasteiger partial charge on any atom is 0.251 e. The van der Waals surface area contributed by atoms with E-state index in [1.807, 2.05) is 0 Å². The number of carbonyl (C=O) groups is 1.